The normalized spacial score (nSPS) is 10.8. The third kappa shape index (κ3) is 5.60. The van der Waals surface area contributed by atoms with Gasteiger partial charge in [-0.25, -0.2) is 8.42 Å². The highest BCUT2D eigenvalue weighted by Gasteiger charge is 2.16. The Hall–Kier alpha value is -2.81. The van der Waals surface area contributed by atoms with Crippen LogP contribution in [-0.4, -0.2) is 20.6 Å². The van der Waals surface area contributed by atoms with E-state index in [1.54, 1.807) is 60.7 Å². The number of methoxy groups -OCH3 is 1. The van der Waals surface area contributed by atoms with Gasteiger partial charge in [-0.05, 0) is 72.9 Å². The zero-order chi connectivity index (χ0) is 20.9. The van der Waals surface area contributed by atoms with Crippen molar-refractivity contribution in [1.29, 1.82) is 0 Å². The summed E-state index contributed by atoms with van der Waals surface area (Å²) in [6, 6.07) is 20.1. The van der Waals surface area contributed by atoms with E-state index in [1.165, 1.54) is 19.2 Å². The quantitative estimate of drug-likeness (QED) is 0.463. The van der Waals surface area contributed by atoms with Crippen LogP contribution >= 0.6 is 23.8 Å². The van der Waals surface area contributed by atoms with E-state index < -0.39 is 10.0 Å². The van der Waals surface area contributed by atoms with E-state index in [-0.39, 0.29) is 4.90 Å². The number of nitrogens with one attached hydrogen (secondary N) is 3. The summed E-state index contributed by atoms with van der Waals surface area (Å²) in [6.45, 7) is 0. The smallest absolute Gasteiger partial charge is 0.262 e. The van der Waals surface area contributed by atoms with Crippen LogP contribution in [0.3, 0.4) is 0 Å². The minimum atomic E-state index is -3.76. The molecule has 3 aromatic rings. The lowest BCUT2D eigenvalue weighted by molar-refractivity contribution is 0.417. The highest BCUT2D eigenvalue weighted by Crippen LogP contribution is 2.26. The molecule has 0 aliphatic heterocycles. The second-order valence-corrected chi connectivity index (χ2v) is 8.44. The Morgan fingerprint density at radius 3 is 2.03 bits per heavy atom. The summed E-state index contributed by atoms with van der Waals surface area (Å²) in [7, 11) is -2.28. The zero-order valence-electron chi connectivity index (χ0n) is 15.3. The molecule has 0 aliphatic carbocycles. The molecule has 150 valence electrons. The maximum Gasteiger partial charge on any atom is 0.262 e. The van der Waals surface area contributed by atoms with Gasteiger partial charge < -0.3 is 15.4 Å². The first-order valence-corrected chi connectivity index (χ1v) is 10.7. The van der Waals surface area contributed by atoms with Crippen LogP contribution < -0.4 is 20.1 Å². The largest absolute Gasteiger partial charge is 0.495 e. The number of sulfonamides is 1. The standard InChI is InChI=1S/C20H18ClN3O3S2/c1-27-19-5-3-2-4-18(19)24-29(25,26)17-12-10-16(11-13-17)23-20(28)22-15-8-6-14(21)7-9-15/h2-13,24H,1H3,(H2,22,23,28). The second-order valence-electron chi connectivity index (χ2n) is 5.92. The van der Waals surface area contributed by atoms with Crippen molar-refractivity contribution in [3.05, 3.63) is 77.8 Å². The molecule has 0 aromatic heterocycles. The van der Waals surface area contributed by atoms with Crippen molar-refractivity contribution in [2.24, 2.45) is 0 Å². The summed E-state index contributed by atoms with van der Waals surface area (Å²) in [5.41, 5.74) is 1.80. The van der Waals surface area contributed by atoms with Crippen LogP contribution in [0, 0.1) is 0 Å². The molecule has 0 heterocycles. The van der Waals surface area contributed by atoms with Crippen LogP contribution in [0.5, 0.6) is 5.75 Å². The molecule has 3 aromatic carbocycles. The fraction of sp³-hybridized carbons (Fsp3) is 0.0500. The molecule has 0 radical (unpaired) electrons. The van der Waals surface area contributed by atoms with E-state index in [9.17, 15) is 8.42 Å². The lowest BCUT2D eigenvalue weighted by Crippen LogP contribution is -2.19. The third-order valence-electron chi connectivity index (χ3n) is 3.88. The lowest BCUT2D eigenvalue weighted by atomic mass is 10.3. The average Bonchev–Trinajstić information content (AvgIpc) is 2.70. The van der Waals surface area contributed by atoms with Crippen molar-refractivity contribution in [3.63, 3.8) is 0 Å². The summed E-state index contributed by atoms with van der Waals surface area (Å²) >= 11 is 11.1. The number of thiocarbonyl (C=S) groups is 1. The van der Waals surface area contributed by atoms with Gasteiger partial charge in [-0.1, -0.05) is 23.7 Å². The molecule has 0 bridgehead atoms. The molecule has 29 heavy (non-hydrogen) atoms. The van der Waals surface area contributed by atoms with Gasteiger partial charge in [0.25, 0.3) is 10.0 Å². The van der Waals surface area contributed by atoms with Gasteiger partial charge in [-0.2, -0.15) is 0 Å². The molecular formula is C20H18ClN3O3S2. The molecular weight excluding hydrogens is 430 g/mol. The first-order chi connectivity index (χ1) is 13.9. The lowest BCUT2D eigenvalue weighted by Gasteiger charge is -2.13. The fourth-order valence-electron chi connectivity index (χ4n) is 2.48. The van der Waals surface area contributed by atoms with E-state index in [2.05, 4.69) is 15.4 Å². The molecule has 3 rings (SSSR count). The molecule has 0 atom stereocenters. The summed E-state index contributed by atoms with van der Waals surface area (Å²) in [5.74, 6) is 0.438. The van der Waals surface area contributed by atoms with Crippen molar-refractivity contribution in [1.82, 2.24) is 0 Å². The number of para-hydroxylation sites is 2. The Labute approximate surface area is 179 Å². The van der Waals surface area contributed by atoms with Crippen LogP contribution in [0.2, 0.25) is 5.02 Å². The number of hydrogen-bond acceptors (Lipinski definition) is 4. The molecule has 0 fully saturated rings. The van der Waals surface area contributed by atoms with Gasteiger partial charge in [0.2, 0.25) is 0 Å². The molecule has 0 spiro atoms. The Bertz CT molecular complexity index is 1100. The van der Waals surface area contributed by atoms with Gasteiger partial charge in [0.15, 0.2) is 5.11 Å². The Morgan fingerprint density at radius 1 is 0.897 bits per heavy atom. The predicted molar refractivity (Wildman–Crippen MR) is 122 cm³/mol. The molecule has 0 saturated carbocycles. The van der Waals surface area contributed by atoms with E-state index in [0.29, 0.717) is 27.3 Å². The van der Waals surface area contributed by atoms with E-state index in [4.69, 9.17) is 28.6 Å². The highest BCUT2D eigenvalue weighted by molar-refractivity contribution is 7.92. The summed E-state index contributed by atoms with van der Waals surface area (Å²) in [6.07, 6.45) is 0. The molecule has 0 saturated heterocycles. The van der Waals surface area contributed by atoms with Crippen LogP contribution in [-0.2, 0) is 10.0 Å². The summed E-state index contributed by atoms with van der Waals surface area (Å²) < 4.78 is 33.0. The number of rotatable bonds is 6. The maximum atomic E-state index is 12.6. The van der Waals surface area contributed by atoms with Gasteiger partial charge in [-0.15, -0.1) is 0 Å². The van der Waals surface area contributed by atoms with E-state index in [0.717, 1.165) is 5.69 Å². The topological polar surface area (TPSA) is 79.5 Å². The fourth-order valence-corrected chi connectivity index (χ4v) is 3.91. The minimum Gasteiger partial charge on any atom is -0.495 e. The SMILES string of the molecule is COc1ccccc1NS(=O)(=O)c1ccc(NC(=S)Nc2ccc(Cl)cc2)cc1. The number of hydrogen-bond donors (Lipinski definition) is 3. The Balaban J connectivity index is 1.67. The predicted octanol–water partition coefficient (Wildman–Crippen LogP) is 4.96. The Morgan fingerprint density at radius 2 is 1.45 bits per heavy atom. The monoisotopic (exact) mass is 447 g/mol. The number of ether oxygens (including phenoxy) is 1. The van der Waals surface area contributed by atoms with E-state index in [1.807, 2.05) is 0 Å². The highest BCUT2D eigenvalue weighted by atomic mass is 35.5. The molecule has 6 nitrogen and oxygen atoms in total. The van der Waals surface area contributed by atoms with Crippen LogP contribution in [0.1, 0.15) is 0 Å². The van der Waals surface area contributed by atoms with E-state index >= 15 is 0 Å². The van der Waals surface area contributed by atoms with Gasteiger partial charge in [0.05, 0.1) is 17.7 Å². The first-order valence-electron chi connectivity index (χ1n) is 8.47. The average molecular weight is 448 g/mol. The third-order valence-corrected chi connectivity index (χ3v) is 5.71. The van der Waals surface area contributed by atoms with Crippen molar-refractivity contribution in [3.8, 4) is 5.75 Å². The first kappa shape index (κ1) is 20.9. The van der Waals surface area contributed by atoms with Crippen molar-refractivity contribution >= 4 is 56.0 Å². The van der Waals surface area contributed by atoms with Gasteiger partial charge >= 0.3 is 0 Å². The van der Waals surface area contributed by atoms with Gasteiger partial charge in [0.1, 0.15) is 5.75 Å². The Kier molecular flexibility index (Phi) is 6.58. The van der Waals surface area contributed by atoms with Crippen molar-refractivity contribution in [2.45, 2.75) is 4.90 Å². The molecule has 9 heteroatoms. The van der Waals surface area contributed by atoms with Crippen LogP contribution in [0.15, 0.2) is 77.7 Å². The minimum absolute atomic E-state index is 0.116. The van der Waals surface area contributed by atoms with Gasteiger partial charge in [0, 0.05) is 16.4 Å². The molecule has 3 N–H and O–H groups in total. The molecule has 0 unspecified atom stereocenters. The van der Waals surface area contributed by atoms with Crippen molar-refractivity contribution in [2.75, 3.05) is 22.5 Å². The van der Waals surface area contributed by atoms with Crippen molar-refractivity contribution < 1.29 is 13.2 Å². The number of benzene rings is 3. The number of anilines is 3. The van der Waals surface area contributed by atoms with Crippen LogP contribution in [0.4, 0.5) is 17.1 Å². The van der Waals surface area contributed by atoms with Gasteiger partial charge in [-0.3, -0.25) is 4.72 Å². The summed E-state index contributed by atoms with van der Waals surface area (Å²) in [5, 5.41) is 7.03. The van der Waals surface area contributed by atoms with Crippen LogP contribution in [0.25, 0.3) is 0 Å². The maximum absolute atomic E-state index is 12.6. The zero-order valence-corrected chi connectivity index (χ0v) is 17.7. The molecule has 0 amide bonds. The molecule has 0 aliphatic rings. The second kappa shape index (κ2) is 9.13. The number of halogens is 1. The summed E-state index contributed by atoms with van der Waals surface area (Å²) in [4.78, 5) is 0.116.